The van der Waals surface area contributed by atoms with Gasteiger partial charge in [0.05, 0.1) is 5.41 Å². The van der Waals surface area contributed by atoms with Crippen molar-refractivity contribution in [2.45, 2.75) is 38.2 Å². The van der Waals surface area contributed by atoms with Crippen LogP contribution in [0.25, 0.3) is 22.5 Å². The standard InChI is InChI=1S/C29H24F2N2O5/c1-16-25(32-28(36)37-17(2)18-6-4-3-5-7-18)26(38-33-16)20-10-8-19(9-11-20)21-14-22(30)24(23(31)15-21)29(12-13-29)27(34)35/h3-11,14-15,17H,12-13H2,1-2H3,(H,32,36)(H,34,35). The molecular weight excluding hydrogens is 494 g/mol. The van der Waals surface area contributed by atoms with Crippen LogP contribution in [0.1, 0.15) is 42.7 Å². The van der Waals surface area contributed by atoms with Crippen LogP contribution in [-0.4, -0.2) is 22.3 Å². The number of aryl methyl sites for hydroxylation is 1. The van der Waals surface area contributed by atoms with Gasteiger partial charge in [0.2, 0.25) is 0 Å². The summed E-state index contributed by atoms with van der Waals surface area (Å²) in [6.45, 7) is 3.44. The van der Waals surface area contributed by atoms with E-state index in [0.717, 1.165) is 17.7 Å². The topological polar surface area (TPSA) is 102 Å². The van der Waals surface area contributed by atoms with Gasteiger partial charge in [-0.05, 0) is 55.5 Å². The average Bonchev–Trinajstić information content (AvgIpc) is 3.62. The number of hydrogen-bond donors (Lipinski definition) is 2. The third kappa shape index (κ3) is 4.63. The number of aliphatic carboxylic acids is 1. The second-order valence-electron chi connectivity index (χ2n) is 9.33. The highest BCUT2D eigenvalue weighted by Crippen LogP contribution is 2.50. The summed E-state index contributed by atoms with van der Waals surface area (Å²) in [5.41, 5.74) is 1.10. The van der Waals surface area contributed by atoms with Crippen LogP contribution >= 0.6 is 0 Å². The number of carbonyl (C=O) groups excluding carboxylic acids is 1. The van der Waals surface area contributed by atoms with Gasteiger partial charge in [0, 0.05) is 11.1 Å². The molecule has 1 atom stereocenters. The number of nitrogens with one attached hydrogen (secondary N) is 1. The van der Waals surface area contributed by atoms with Gasteiger partial charge in [-0.1, -0.05) is 59.8 Å². The highest BCUT2D eigenvalue weighted by molar-refractivity contribution is 5.91. The predicted octanol–water partition coefficient (Wildman–Crippen LogP) is 7.02. The van der Waals surface area contributed by atoms with E-state index in [-0.39, 0.29) is 18.4 Å². The minimum absolute atomic E-state index is 0.204. The maximum absolute atomic E-state index is 14.8. The van der Waals surface area contributed by atoms with Crippen molar-refractivity contribution in [2.75, 3.05) is 5.32 Å². The van der Waals surface area contributed by atoms with E-state index in [9.17, 15) is 23.5 Å². The molecule has 0 saturated heterocycles. The molecule has 1 aliphatic carbocycles. The SMILES string of the molecule is Cc1noc(-c2ccc(-c3cc(F)c(C4(C(=O)O)CC4)c(F)c3)cc2)c1NC(=O)OC(C)c1ccccc1. The molecule has 4 aromatic rings. The molecule has 1 fully saturated rings. The van der Waals surface area contributed by atoms with Crippen molar-refractivity contribution in [1.29, 1.82) is 0 Å². The fourth-order valence-corrected chi connectivity index (χ4v) is 4.50. The number of hydrogen-bond acceptors (Lipinski definition) is 5. The summed E-state index contributed by atoms with van der Waals surface area (Å²) in [6, 6.07) is 18.2. The molecule has 1 amide bonds. The Morgan fingerprint density at radius 1 is 1.00 bits per heavy atom. The zero-order valence-corrected chi connectivity index (χ0v) is 20.6. The van der Waals surface area contributed by atoms with Gasteiger partial charge in [0.15, 0.2) is 5.76 Å². The second kappa shape index (κ2) is 9.74. The van der Waals surface area contributed by atoms with Crippen molar-refractivity contribution >= 4 is 17.7 Å². The molecule has 5 rings (SSSR count). The number of carboxylic acid groups (broad SMARTS) is 1. The van der Waals surface area contributed by atoms with Gasteiger partial charge < -0.3 is 14.4 Å². The van der Waals surface area contributed by atoms with E-state index in [1.807, 2.05) is 30.3 Å². The van der Waals surface area contributed by atoms with Crippen LogP contribution in [0.5, 0.6) is 0 Å². The van der Waals surface area contributed by atoms with E-state index >= 15 is 0 Å². The Kier molecular flexibility index (Phi) is 6.44. The molecule has 1 aliphatic rings. The van der Waals surface area contributed by atoms with Gasteiger partial charge in [-0.15, -0.1) is 0 Å². The molecule has 7 nitrogen and oxygen atoms in total. The molecule has 1 aromatic heterocycles. The van der Waals surface area contributed by atoms with Crippen molar-refractivity contribution in [3.05, 3.63) is 95.2 Å². The largest absolute Gasteiger partial charge is 0.481 e. The van der Waals surface area contributed by atoms with Gasteiger partial charge in [0.25, 0.3) is 0 Å². The number of aromatic nitrogens is 1. The summed E-state index contributed by atoms with van der Waals surface area (Å²) in [5.74, 6) is -2.70. The lowest BCUT2D eigenvalue weighted by atomic mass is 9.92. The molecule has 0 spiro atoms. The van der Waals surface area contributed by atoms with Crippen molar-refractivity contribution in [2.24, 2.45) is 0 Å². The van der Waals surface area contributed by atoms with Crippen molar-refractivity contribution in [3.63, 3.8) is 0 Å². The Morgan fingerprint density at radius 2 is 1.61 bits per heavy atom. The van der Waals surface area contributed by atoms with Gasteiger partial charge in [-0.3, -0.25) is 10.1 Å². The number of halogens is 2. The third-order valence-electron chi connectivity index (χ3n) is 6.80. The molecule has 194 valence electrons. The summed E-state index contributed by atoms with van der Waals surface area (Å²) in [7, 11) is 0. The number of ether oxygens (including phenoxy) is 1. The highest BCUT2D eigenvalue weighted by Gasteiger charge is 2.55. The van der Waals surface area contributed by atoms with E-state index in [1.165, 1.54) is 0 Å². The molecule has 38 heavy (non-hydrogen) atoms. The summed E-state index contributed by atoms with van der Waals surface area (Å²) >= 11 is 0. The molecular formula is C29H24F2N2O5. The summed E-state index contributed by atoms with van der Waals surface area (Å²) in [6.07, 6.45) is -0.742. The molecule has 0 aliphatic heterocycles. The zero-order chi connectivity index (χ0) is 27.0. The van der Waals surface area contributed by atoms with Crippen LogP contribution < -0.4 is 5.32 Å². The van der Waals surface area contributed by atoms with Gasteiger partial charge >= 0.3 is 12.1 Å². The molecule has 0 bridgehead atoms. The first-order chi connectivity index (χ1) is 18.2. The van der Waals surface area contributed by atoms with E-state index in [0.29, 0.717) is 28.3 Å². The Labute approximate surface area is 217 Å². The fraction of sp³-hybridized carbons (Fsp3) is 0.207. The lowest BCUT2D eigenvalue weighted by molar-refractivity contribution is -0.140. The lowest BCUT2D eigenvalue weighted by Gasteiger charge is -2.15. The summed E-state index contributed by atoms with van der Waals surface area (Å²) in [4.78, 5) is 24.1. The van der Waals surface area contributed by atoms with Crippen LogP contribution in [0, 0.1) is 18.6 Å². The fourth-order valence-electron chi connectivity index (χ4n) is 4.50. The Bertz CT molecular complexity index is 1490. The number of amides is 1. The Balaban J connectivity index is 1.35. The Hall–Kier alpha value is -4.53. The number of anilines is 1. The smallest absolute Gasteiger partial charge is 0.412 e. The van der Waals surface area contributed by atoms with E-state index in [1.54, 1.807) is 38.1 Å². The first-order valence-electron chi connectivity index (χ1n) is 12.0. The number of rotatable bonds is 7. The molecule has 1 heterocycles. The monoisotopic (exact) mass is 518 g/mol. The van der Waals surface area contributed by atoms with Crippen LogP contribution in [0.15, 0.2) is 71.3 Å². The molecule has 1 unspecified atom stereocenters. The van der Waals surface area contributed by atoms with Crippen molar-refractivity contribution in [1.82, 2.24) is 5.16 Å². The van der Waals surface area contributed by atoms with Gasteiger partial charge in [-0.25, -0.2) is 13.6 Å². The lowest BCUT2D eigenvalue weighted by Crippen LogP contribution is -2.22. The summed E-state index contributed by atoms with van der Waals surface area (Å²) in [5, 5.41) is 16.1. The molecule has 3 aromatic carbocycles. The number of nitrogens with zero attached hydrogens (tertiary/aromatic N) is 1. The highest BCUT2D eigenvalue weighted by atomic mass is 19.1. The molecule has 2 N–H and O–H groups in total. The van der Waals surface area contributed by atoms with Gasteiger partial charge in [0.1, 0.15) is 29.1 Å². The zero-order valence-electron chi connectivity index (χ0n) is 20.6. The first kappa shape index (κ1) is 25.1. The van der Waals surface area contributed by atoms with E-state index in [2.05, 4.69) is 10.5 Å². The minimum Gasteiger partial charge on any atom is -0.481 e. The van der Waals surface area contributed by atoms with Crippen LogP contribution in [-0.2, 0) is 14.9 Å². The quantitative estimate of drug-likeness (QED) is 0.273. The maximum atomic E-state index is 14.8. The van der Waals surface area contributed by atoms with Crippen LogP contribution in [0.2, 0.25) is 0 Å². The molecule has 1 saturated carbocycles. The normalized spacial score (nSPS) is 14.5. The summed E-state index contributed by atoms with van der Waals surface area (Å²) < 4.78 is 40.6. The average molecular weight is 519 g/mol. The van der Waals surface area contributed by atoms with E-state index < -0.39 is 40.8 Å². The molecule has 0 radical (unpaired) electrons. The van der Waals surface area contributed by atoms with E-state index in [4.69, 9.17) is 9.26 Å². The second-order valence-corrected chi connectivity index (χ2v) is 9.33. The maximum Gasteiger partial charge on any atom is 0.412 e. The van der Waals surface area contributed by atoms with Crippen LogP contribution in [0.3, 0.4) is 0 Å². The molecule has 9 heteroatoms. The number of benzene rings is 3. The van der Waals surface area contributed by atoms with Crippen LogP contribution in [0.4, 0.5) is 19.3 Å². The minimum atomic E-state index is -1.48. The first-order valence-corrected chi connectivity index (χ1v) is 12.0. The number of carboxylic acids is 1. The predicted molar refractivity (Wildman–Crippen MR) is 136 cm³/mol. The number of carbonyl (C=O) groups is 2. The third-order valence-corrected chi connectivity index (χ3v) is 6.80. The van der Waals surface area contributed by atoms with Crippen molar-refractivity contribution < 1.29 is 32.7 Å². The van der Waals surface area contributed by atoms with Gasteiger partial charge in [-0.2, -0.15) is 0 Å². The Morgan fingerprint density at radius 3 is 2.18 bits per heavy atom. The van der Waals surface area contributed by atoms with Crippen molar-refractivity contribution in [3.8, 4) is 22.5 Å².